The van der Waals surface area contributed by atoms with E-state index in [-0.39, 0.29) is 6.61 Å². The number of benzene rings is 2. The summed E-state index contributed by atoms with van der Waals surface area (Å²) in [5, 5.41) is 18.2. The van der Waals surface area contributed by atoms with Gasteiger partial charge in [0.2, 0.25) is 0 Å². The topological polar surface area (TPSA) is 53.2 Å². The fraction of sp³-hybridized carbons (Fsp3) is 0.188. The Morgan fingerprint density at radius 1 is 1.11 bits per heavy atom. The van der Waals surface area contributed by atoms with E-state index in [0.717, 1.165) is 11.3 Å². The Morgan fingerprint density at radius 2 is 1.84 bits per heavy atom. The molecule has 0 aromatic heterocycles. The van der Waals surface area contributed by atoms with Gasteiger partial charge in [0.15, 0.2) is 0 Å². The van der Waals surface area contributed by atoms with Gasteiger partial charge >= 0.3 is 0 Å². The van der Waals surface area contributed by atoms with Crippen molar-refractivity contribution in [2.24, 2.45) is 0 Å². The van der Waals surface area contributed by atoms with Gasteiger partial charge in [0.25, 0.3) is 0 Å². The molecule has 0 bridgehead atoms. The zero-order valence-corrected chi connectivity index (χ0v) is 11.0. The molecular weight excluding hydrogens is 238 g/mol. The van der Waals surface area contributed by atoms with E-state index < -0.39 is 0 Å². The highest BCUT2D eigenvalue weighted by Crippen LogP contribution is 2.28. The van der Waals surface area contributed by atoms with Crippen molar-refractivity contribution < 1.29 is 9.84 Å². The molecule has 19 heavy (non-hydrogen) atoms. The third kappa shape index (κ3) is 2.93. The van der Waals surface area contributed by atoms with Gasteiger partial charge in [-0.1, -0.05) is 23.8 Å². The van der Waals surface area contributed by atoms with Crippen LogP contribution in [0.2, 0.25) is 0 Å². The van der Waals surface area contributed by atoms with E-state index in [1.807, 2.05) is 32.0 Å². The molecule has 96 valence electrons. The van der Waals surface area contributed by atoms with Gasteiger partial charge in [-0.25, -0.2) is 0 Å². The minimum Gasteiger partial charge on any atom is -0.456 e. The lowest BCUT2D eigenvalue weighted by Crippen LogP contribution is -1.93. The van der Waals surface area contributed by atoms with Crippen LogP contribution in [0.4, 0.5) is 0 Å². The van der Waals surface area contributed by atoms with E-state index in [9.17, 15) is 0 Å². The number of rotatable bonds is 3. The first-order valence-corrected chi connectivity index (χ1v) is 6.03. The third-order valence-corrected chi connectivity index (χ3v) is 2.90. The minimum atomic E-state index is -0.0848. The fourth-order valence-corrected chi connectivity index (χ4v) is 1.88. The molecular formula is C16H15NO2. The second-order valence-corrected chi connectivity index (χ2v) is 4.47. The van der Waals surface area contributed by atoms with Crippen molar-refractivity contribution in [2.45, 2.75) is 20.5 Å². The second kappa shape index (κ2) is 5.55. The molecule has 0 spiro atoms. The number of hydrogen-bond acceptors (Lipinski definition) is 3. The summed E-state index contributed by atoms with van der Waals surface area (Å²) in [6.45, 7) is 3.91. The average Bonchev–Trinajstić information content (AvgIpc) is 2.42. The highest BCUT2D eigenvalue weighted by Gasteiger charge is 2.07. The molecule has 1 N–H and O–H groups in total. The van der Waals surface area contributed by atoms with Gasteiger partial charge in [0.1, 0.15) is 17.6 Å². The molecule has 0 aliphatic heterocycles. The predicted octanol–water partition coefficient (Wildman–Crippen LogP) is 3.46. The monoisotopic (exact) mass is 253 g/mol. The van der Waals surface area contributed by atoms with Crippen LogP contribution < -0.4 is 4.74 Å². The van der Waals surface area contributed by atoms with Gasteiger partial charge in [-0.3, -0.25) is 0 Å². The van der Waals surface area contributed by atoms with Gasteiger partial charge in [-0.2, -0.15) is 5.26 Å². The van der Waals surface area contributed by atoms with Crippen LogP contribution in [0.25, 0.3) is 0 Å². The summed E-state index contributed by atoms with van der Waals surface area (Å²) in [5.74, 6) is 1.24. The molecule has 0 radical (unpaired) electrons. The summed E-state index contributed by atoms with van der Waals surface area (Å²) in [6.07, 6.45) is 0. The number of nitrogens with zero attached hydrogens (tertiary/aromatic N) is 1. The number of aryl methyl sites for hydroxylation is 2. The van der Waals surface area contributed by atoms with Crippen LogP contribution in [0.1, 0.15) is 22.3 Å². The van der Waals surface area contributed by atoms with Crippen molar-refractivity contribution in [1.29, 1.82) is 5.26 Å². The van der Waals surface area contributed by atoms with E-state index in [1.165, 1.54) is 5.56 Å². The van der Waals surface area contributed by atoms with Gasteiger partial charge in [-0.05, 0) is 43.2 Å². The van der Waals surface area contributed by atoms with Crippen LogP contribution in [-0.2, 0) is 6.61 Å². The van der Waals surface area contributed by atoms with Crippen LogP contribution in [0, 0.1) is 25.2 Å². The number of aliphatic hydroxyl groups excluding tert-OH is 1. The van der Waals surface area contributed by atoms with E-state index in [4.69, 9.17) is 15.1 Å². The van der Waals surface area contributed by atoms with Crippen LogP contribution in [-0.4, -0.2) is 5.11 Å². The Balaban J connectivity index is 2.35. The van der Waals surface area contributed by atoms with Crippen molar-refractivity contribution >= 4 is 0 Å². The van der Waals surface area contributed by atoms with Gasteiger partial charge < -0.3 is 9.84 Å². The SMILES string of the molecule is Cc1ccc(Oc2ccc(CO)cc2C#N)c(C)c1. The van der Waals surface area contributed by atoms with Crippen molar-refractivity contribution in [3.05, 3.63) is 58.7 Å². The highest BCUT2D eigenvalue weighted by atomic mass is 16.5. The largest absolute Gasteiger partial charge is 0.456 e. The lowest BCUT2D eigenvalue weighted by Gasteiger charge is -2.11. The van der Waals surface area contributed by atoms with Gasteiger partial charge in [0.05, 0.1) is 12.2 Å². The molecule has 0 amide bonds. The zero-order chi connectivity index (χ0) is 13.8. The van der Waals surface area contributed by atoms with Crippen LogP contribution in [0.5, 0.6) is 11.5 Å². The fourth-order valence-electron chi connectivity index (χ4n) is 1.88. The first-order chi connectivity index (χ1) is 9.13. The summed E-state index contributed by atoms with van der Waals surface area (Å²) >= 11 is 0. The van der Waals surface area contributed by atoms with Crippen LogP contribution in [0.3, 0.4) is 0 Å². The molecule has 0 saturated heterocycles. The third-order valence-electron chi connectivity index (χ3n) is 2.90. The molecule has 2 aromatic rings. The molecule has 0 heterocycles. The average molecular weight is 253 g/mol. The molecule has 3 nitrogen and oxygen atoms in total. The summed E-state index contributed by atoms with van der Waals surface area (Å²) < 4.78 is 5.78. The van der Waals surface area contributed by atoms with Gasteiger partial charge in [0, 0.05) is 0 Å². The summed E-state index contributed by atoms with van der Waals surface area (Å²) in [7, 11) is 0. The number of ether oxygens (including phenoxy) is 1. The molecule has 0 unspecified atom stereocenters. The minimum absolute atomic E-state index is 0.0848. The molecule has 0 saturated carbocycles. The van der Waals surface area contributed by atoms with E-state index in [1.54, 1.807) is 18.2 Å². The van der Waals surface area contributed by atoms with Gasteiger partial charge in [-0.15, -0.1) is 0 Å². The quantitative estimate of drug-likeness (QED) is 0.911. The molecule has 0 aliphatic carbocycles. The highest BCUT2D eigenvalue weighted by molar-refractivity contribution is 5.48. The summed E-state index contributed by atoms with van der Waals surface area (Å²) in [5.41, 5.74) is 3.31. The summed E-state index contributed by atoms with van der Waals surface area (Å²) in [4.78, 5) is 0. The lowest BCUT2D eigenvalue weighted by molar-refractivity contribution is 0.281. The smallest absolute Gasteiger partial charge is 0.145 e. The number of hydrogen-bond donors (Lipinski definition) is 1. The first-order valence-electron chi connectivity index (χ1n) is 6.03. The first kappa shape index (κ1) is 13.1. The Morgan fingerprint density at radius 3 is 2.47 bits per heavy atom. The molecule has 0 aliphatic rings. The Labute approximate surface area is 112 Å². The van der Waals surface area contributed by atoms with Crippen molar-refractivity contribution in [3.63, 3.8) is 0 Å². The molecule has 0 atom stereocenters. The Bertz CT molecular complexity index is 642. The lowest BCUT2D eigenvalue weighted by atomic mass is 10.1. The summed E-state index contributed by atoms with van der Waals surface area (Å²) in [6, 6.07) is 13.1. The molecule has 2 aromatic carbocycles. The van der Waals surface area contributed by atoms with Crippen LogP contribution in [0.15, 0.2) is 36.4 Å². The second-order valence-electron chi connectivity index (χ2n) is 4.47. The normalized spacial score (nSPS) is 10.0. The maximum Gasteiger partial charge on any atom is 0.145 e. The standard InChI is InChI=1S/C16H15NO2/c1-11-3-5-15(12(2)7-11)19-16-6-4-13(10-18)8-14(16)9-17/h3-8,18H,10H2,1-2H3. The van der Waals surface area contributed by atoms with E-state index >= 15 is 0 Å². The number of aliphatic hydroxyl groups is 1. The Kier molecular flexibility index (Phi) is 3.84. The maximum atomic E-state index is 9.12. The molecule has 0 fully saturated rings. The predicted molar refractivity (Wildman–Crippen MR) is 73.1 cm³/mol. The number of nitriles is 1. The van der Waals surface area contributed by atoms with Crippen molar-refractivity contribution in [3.8, 4) is 17.6 Å². The van der Waals surface area contributed by atoms with Crippen molar-refractivity contribution in [2.75, 3.05) is 0 Å². The molecule has 2 rings (SSSR count). The zero-order valence-electron chi connectivity index (χ0n) is 11.0. The van der Waals surface area contributed by atoms with E-state index in [0.29, 0.717) is 16.9 Å². The maximum absolute atomic E-state index is 9.12. The Hall–Kier alpha value is -2.31. The van der Waals surface area contributed by atoms with Crippen LogP contribution >= 0.6 is 0 Å². The molecule has 3 heteroatoms. The van der Waals surface area contributed by atoms with E-state index in [2.05, 4.69) is 6.07 Å². The van der Waals surface area contributed by atoms with Crippen molar-refractivity contribution in [1.82, 2.24) is 0 Å².